The molecule has 1 N–H and O–H groups in total. The molecule has 0 unspecified atom stereocenters. The van der Waals surface area contributed by atoms with Crippen LogP contribution in [0.1, 0.15) is 53.1 Å². The SMILES string of the molecule is Cc1ncc(-c2c(C(F)F)ccc(Cl)c2F)nc1C(=O)Nc1cnn([C@H](C)c2cnc(N3C[C@H]4C[C@H]4C3=O)nc2)c1. The number of carbonyl (C=O) groups excluding carboxylic acids is 2. The van der Waals surface area contributed by atoms with Crippen LogP contribution in [0.4, 0.5) is 24.8 Å². The van der Waals surface area contributed by atoms with E-state index in [1.54, 1.807) is 28.2 Å². The Morgan fingerprint density at radius 3 is 2.59 bits per heavy atom. The zero-order chi connectivity index (χ0) is 29.0. The van der Waals surface area contributed by atoms with Crippen LogP contribution in [0.25, 0.3) is 11.3 Å². The summed E-state index contributed by atoms with van der Waals surface area (Å²) in [6, 6.07) is 1.74. The van der Waals surface area contributed by atoms with Crippen molar-refractivity contribution < 1.29 is 22.8 Å². The van der Waals surface area contributed by atoms with E-state index in [1.165, 1.54) is 13.1 Å². The highest BCUT2D eigenvalue weighted by Gasteiger charge is 2.53. The number of hydrogen-bond acceptors (Lipinski definition) is 7. The number of hydrogen-bond donors (Lipinski definition) is 1. The van der Waals surface area contributed by atoms with Crippen molar-refractivity contribution in [2.24, 2.45) is 11.8 Å². The number of anilines is 2. The first-order valence-corrected chi connectivity index (χ1v) is 13.1. The van der Waals surface area contributed by atoms with E-state index in [4.69, 9.17) is 11.6 Å². The van der Waals surface area contributed by atoms with Crippen molar-refractivity contribution in [3.05, 3.63) is 76.5 Å². The van der Waals surface area contributed by atoms with E-state index < -0.39 is 29.3 Å². The predicted molar refractivity (Wildman–Crippen MR) is 142 cm³/mol. The average Bonchev–Trinajstić information content (AvgIpc) is 3.46. The number of aromatic nitrogens is 6. The van der Waals surface area contributed by atoms with E-state index in [9.17, 15) is 22.8 Å². The summed E-state index contributed by atoms with van der Waals surface area (Å²) < 4.78 is 43.5. The largest absolute Gasteiger partial charge is 0.318 e. The van der Waals surface area contributed by atoms with Gasteiger partial charge in [0, 0.05) is 47.7 Å². The van der Waals surface area contributed by atoms with Crippen LogP contribution in [-0.4, -0.2) is 48.1 Å². The molecule has 3 atom stereocenters. The van der Waals surface area contributed by atoms with Gasteiger partial charge in [-0.05, 0) is 32.3 Å². The van der Waals surface area contributed by atoms with Gasteiger partial charge in [0.25, 0.3) is 12.3 Å². The van der Waals surface area contributed by atoms with Gasteiger partial charge in [-0.15, -0.1) is 0 Å². The van der Waals surface area contributed by atoms with Crippen molar-refractivity contribution >= 4 is 35.1 Å². The Morgan fingerprint density at radius 2 is 1.90 bits per heavy atom. The number of carbonyl (C=O) groups is 2. The zero-order valence-electron chi connectivity index (χ0n) is 21.7. The molecule has 4 heterocycles. The fraction of sp³-hybridized carbons (Fsp3) is 0.296. The van der Waals surface area contributed by atoms with Crippen molar-refractivity contribution in [2.75, 3.05) is 16.8 Å². The molecule has 0 spiro atoms. The molecule has 2 amide bonds. The van der Waals surface area contributed by atoms with E-state index in [0.717, 1.165) is 30.3 Å². The van der Waals surface area contributed by atoms with E-state index in [2.05, 4.69) is 30.4 Å². The summed E-state index contributed by atoms with van der Waals surface area (Å²) in [7, 11) is 0. The maximum atomic E-state index is 14.8. The molecular weight excluding hydrogens is 561 g/mol. The minimum Gasteiger partial charge on any atom is -0.318 e. The topological polar surface area (TPSA) is 119 Å². The molecule has 210 valence electrons. The van der Waals surface area contributed by atoms with E-state index in [1.807, 2.05) is 6.92 Å². The number of piperidine rings is 1. The van der Waals surface area contributed by atoms with Crippen LogP contribution < -0.4 is 10.2 Å². The number of amides is 2. The third-order valence-corrected chi connectivity index (χ3v) is 7.64. The second kappa shape index (κ2) is 10.2. The van der Waals surface area contributed by atoms with Gasteiger partial charge in [0.2, 0.25) is 11.9 Å². The van der Waals surface area contributed by atoms with E-state index in [-0.39, 0.29) is 40.0 Å². The molecule has 41 heavy (non-hydrogen) atoms. The second-order valence-corrected chi connectivity index (χ2v) is 10.4. The van der Waals surface area contributed by atoms with Gasteiger partial charge in [-0.25, -0.2) is 28.1 Å². The van der Waals surface area contributed by atoms with Gasteiger partial charge in [-0.2, -0.15) is 5.10 Å². The highest BCUT2D eigenvalue weighted by Crippen LogP contribution is 2.46. The summed E-state index contributed by atoms with van der Waals surface area (Å²) >= 11 is 5.82. The van der Waals surface area contributed by atoms with Crippen LogP contribution in [0, 0.1) is 24.6 Å². The van der Waals surface area contributed by atoms with Crippen LogP contribution in [0.15, 0.2) is 43.1 Å². The Kier molecular flexibility index (Phi) is 6.68. The summed E-state index contributed by atoms with van der Waals surface area (Å²) in [5.74, 6) is -0.798. The summed E-state index contributed by atoms with van der Waals surface area (Å²) in [6.45, 7) is 4.03. The number of halogens is 4. The molecule has 1 saturated heterocycles. The van der Waals surface area contributed by atoms with Crippen LogP contribution >= 0.6 is 11.6 Å². The molecule has 14 heteroatoms. The van der Waals surface area contributed by atoms with Gasteiger partial charge in [0.1, 0.15) is 5.69 Å². The molecule has 1 aliphatic carbocycles. The molecule has 1 aromatic carbocycles. The number of fused-ring (bicyclic) bond motifs is 1. The van der Waals surface area contributed by atoms with Crippen LogP contribution in [0.5, 0.6) is 0 Å². The number of aryl methyl sites for hydroxylation is 1. The molecule has 1 aliphatic heterocycles. The van der Waals surface area contributed by atoms with Crippen LogP contribution in [0.3, 0.4) is 0 Å². The molecular formula is C27H22ClF3N8O2. The van der Waals surface area contributed by atoms with Gasteiger partial charge < -0.3 is 5.32 Å². The monoisotopic (exact) mass is 582 g/mol. The van der Waals surface area contributed by atoms with Gasteiger partial charge in [0.05, 0.1) is 40.5 Å². The Morgan fingerprint density at radius 1 is 1.15 bits per heavy atom. The summed E-state index contributed by atoms with van der Waals surface area (Å²) in [5, 5.41) is 6.60. The Bertz CT molecular complexity index is 1680. The maximum absolute atomic E-state index is 14.8. The molecule has 4 aromatic rings. The first kappa shape index (κ1) is 26.8. The van der Waals surface area contributed by atoms with Gasteiger partial charge >= 0.3 is 0 Å². The molecule has 3 aromatic heterocycles. The lowest BCUT2D eigenvalue weighted by Gasteiger charge is -2.17. The molecule has 0 bridgehead atoms. The quantitative estimate of drug-likeness (QED) is 0.325. The number of nitrogens with zero attached hydrogens (tertiary/aromatic N) is 7. The summed E-state index contributed by atoms with van der Waals surface area (Å²) in [6.07, 6.45) is 5.35. The molecule has 10 nitrogen and oxygen atoms in total. The van der Waals surface area contributed by atoms with Crippen molar-refractivity contribution in [2.45, 2.75) is 32.7 Å². The zero-order valence-corrected chi connectivity index (χ0v) is 22.5. The molecule has 2 fully saturated rings. The Labute approximate surface area is 236 Å². The smallest absolute Gasteiger partial charge is 0.276 e. The normalized spacial score (nSPS) is 18.5. The number of rotatable bonds is 7. The second-order valence-electron chi connectivity index (χ2n) is 10.0. The minimum absolute atomic E-state index is 0.0703. The van der Waals surface area contributed by atoms with Gasteiger partial charge in [0.15, 0.2) is 5.82 Å². The van der Waals surface area contributed by atoms with Crippen molar-refractivity contribution in [3.63, 3.8) is 0 Å². The first-order valence-electron chi connectivity index (χ1n) is 12.7. The number of nitrogens with one attached hydrogen (secondary N) is 1. The molecule has 0 radical (unpaired) electrons. The summed E-state index contributed by atoms with van der Waals surface area (Å²) in [5.41, 5.74) is -0.298. The average molecular weight is 583 g/mol. The minimum atomic E-state index is -3.00. The third kappa shape index (κ3) is 4.90. The molecule has 6 rings (SSSR count). The first-order chi connectivity index (χ1) is 19.6. The van der Waals surface area contributed by atoms with Crippen LogP contribution in [0.2, 0.25) is 5.02 Å². The summed E-state index contributed by atoms with van der Waals surface area (Å²) in [4.78, 5) is 43.9. The van der Waals surface area contributed by atoms with E-state index in [0.29, 0.717) is 24.1 Å². The van der Waals surface area contributed by atoms with Crippen molar-refractivity contribution in [3.8, 4) is 11.3 Å². The van der Waals surface area contributed by atoms with Gasteiger partial charge in [-0.1, -0.05) is 17.7 Å². The fourth-order valence-electron chi connectivity index (χ4n) is 4.89. The molecule has 1 saturated carbocycles. The van der Waals surface area contributed by atoms with Crippen molar-refractivity contribution in [1.82, 2.24) is 29.7 Å². The lowest BCUT2D eigenvalue weighted by Crippen LogP contribution is -2.29. The van der Waals surface area contributed by atoms with Gasteiger partial charge in [-0.3, -0.25) is 24.2 Å². The lowest BCUT2D eigenvalue weighted by molar-refractivity contribution is -0.118. The van der Waals surface area contributed by atoms with E-state index >= 15 is 0 Å². The number of benzene rings is 1. The molecule has 2 aliphatic rings. The predicted octanol–water partition coefficient (Wildman–Crippen LogP) is 5.01. The highest BCUT2D eigenvalue weighted by atomic mass is 35.5. The Hall–Kier alpha value is -4.39. The third-order valence-electron chi connectivity index (χ3n) is 7.35. The maximum Gasteiger partial charge on any atom is 0.276 e. The highest BCUT2D eigenvalue weighted by molar-refractivity contribution is 6.31. The fourth-order valence-corrected chi connectivity index (χ4v) is 5.05. The number of alkyl halides is 2. The van der Waals surface area contributed by atoms with Crippen LogP contribution in [-0.2, 0) is 4.79 Å². The standard InChI is InChI=1S/C27H22ClF3N8O2/c1-12-23(37-20(9-32-12)21-17(24(30)31)3-4-19(28)22(21)29)25(40)36-16-8-35-39(11-16)13(2)15-6-33-27(34-7-15)38-10-14-5-18(14)26(38)41/h3-4,6-9,11,13-14,18,24H,5,10H2,1-2H3,(H,36,40)/t13-,14-,18-/m1/s1. The Balaban J connectivity index is 1.19. The van der Waals surface area contributed by atoms with Crippen molar-refractivity contribution in [1.29, 1.82) is 0 Å². The lowest BCUT2D eigenvalue weighted by atomic mass is 10.0.